The van der Waals surface area contributed by atoms with Crippen molar-refractivity contribution in [1.29, 1.82) is 0 Å². The molecule has 2 aromatic carbocycles. The number of hydrogen-bond donors (Lipinski definition) is 2. The van der Waals surface area contributed by atoms with E-state index in [1.807, 2.05) is 18.2 Å². The summed E-state index contributed by atoms with van der Waals surface area (Å²) < 4.78 is 19.4. The first-order valence-corrected chi connectivity index (χ1v) is 7.86. The van der Waals surface area contributed by atoms with Gasteiger partial charge in [-0.15, -0.1) is 11.8 Å². The van der Waals surface area contributed by atoms with Gasteiger partial charge < -0.3 is 4.74 Å². The number of para-hydroxylation sites is 1. The van der Waals surface area contributed by atoms with Gasteiger partial charge in [-0.25, -0.2) is 4.39 Å². The number of rotatable bonds is 5. The molecule has 0 aromatic heterocycles. The van der Waals surface area contributed by atoms with E-state index in [4.69, 9.17) is 10.6 Å². The lowest BCUT2D eigenvalue weighted by Gasteiger charge is -2.18. The molecule has 1 atom stereocenters. The smallest absolute Gasteiger partial charge is 0.136 e. The molecule has 0 aliphatic carbocycles. The Labute approximate surface area is 127 Å². The Morgan fingerprint density at radius 3 is 2.90 bits per heavy atom. The van der Waals surface area contributed by atoms with E-state index >= 15 is 0 Å². The predicted octanol–water partition coefficient (Wildman–Crippen LogP) is 3.06. The quantitative estimate of drug-likeness (QED) is 0.506. The van der Waals surface area contributed by atoms with Crippen LogP contribution in [0.25, 0.3) is 0 Å². The molecule has 5 heteroatoms. The molecule has 0 saturated heterocycles. The van der Waals surface area contributed by atoms with Crippen molar-refractivity contribution in [3.63, 3.8) is 0 Å². The van der Waals surface area contributed by atoms with E-state index in [0.717, 1.165) is 17.7 Å². The third kappa shape index (κ3) is 3.05. The molecule has 0 fully saturated rings. The second-order valence-electron chi connectivity index (χ2n) is 4.89. The summed E-state index contributed by atoms with van der Waals surface area (Å²) in [5, 5.41) is 0. The van der Waals surface area contributed by atoms with Gasteiger partial charge in [0.15, 0.2) is 0 Å². The van der Waals surface area contributed by atoms with Crippen LogP contribution in [0.2, 0.25) is 0 Å². The molecule has 110 valence electrons. The molecule has 3 N–H and O–H groups in total. The lowest BCUT2D eigenvalue weighted by molar-refractivity contribution is 0.350. The van der Waals surface area contributed by atoms with Gasteiger partial charge in [-0.1, -0.05) is 30.3 Å². The maximum absolute atomic E-state index is 13.7. The summed E-state index contributed by atoms with van der Waals surface area (Å²) in [6, 6.07) is 12.8. The van der Waals surface area contributed by atoms with Gasteiger partial charge in [0, 0.05) is 22.6 Å². The Morgan fingerprint density at radius 2 is 2.10 bits per heavy atom. The van der Waals surface area contributed by atoms with E-state index in [1.54, 1.807) is 12.1 Å². The van der Waals surface area contributed by atoms with E-state index in [-0.39, 0.29) is 11.9 Å². The lowest BCUT2D eigenvalue weighted by atomic mass is 10.0. The first kappa shape index (κ1) is 14.4. The average Bonchev–Trinajstić information content (AvgIpc) is 2.98. The summed E-state index contributed by atoms with van der Waals surface area (Å²) >= 11 is 1.45. The predicted molar refractivity (Wildman–Crippen MR) is 82.8 cm³/mol. The highest BCUT2D eigenvalue weighted by atomic mass is 32.2. The largest absolute Gasteiger partial charge is 0.493 e. The van der Waals surface area contributed by atoms with Crippen LogP contribution in [0.5, 0.6) is 5.75 Å². The number of fused-ring (bicyclic) bond motifs is 1. The molecule has 21 heavy (non-hydrogen) atoms. The molecular formula is C16H17FN2OS. The highest BCUT2D eigenvalue weighted by Gasteiger charge is 2.21. The SMILES string of the molecule is NNC(CSc1ccccc1F)c1cccc2c1OCC2. The van der Waals surface area contributed by atoms with Gasteiger partial charge in [0.25, 0.3) is 0 Å². The molecule has 3 nitrogen and oxygen atoms in total. The maximum atomic E-state index is 13.7. The highest BCUT2D eigenvalue weighted by Crippen LogP contribution is 2.35. The van der Waals surface area contributed by atoms with Gasteiger partial charge >= 0.3 is 0 Å². The van der Waals surface area contributed by atoms with E-state index < -0.39 is 0 Å². The number of halogens is 1. The number of hydrogen-bond acceptors (Lipinski definition) is 4. The van der Waals surface area contributed by atoms with Gasteiger partial charge in [0.05, 0.1) is 12.6 Å². The molecule has 1 heterocycles. The lowest BCUT2D eigenvalue weighted by Crippen LogP contribution is -2.30. The molecule has 3 rings (SSSR count). The topological polar surface area (TPSA) is 47.3 Å². The Morgan fingerprint density at radius 1 is 1.24 bits per heavy atom. The standard InChI is InChI=1S/C16H17FN2OS/c17-13-6-1-2-7-15(13)21-10-14(19-18)12-5-3-4-11-8-9-20-16(11)12/h1-7,14,19H,8-10,18H2. The molecule has 0 spiro atoms. The highest BCUT2D eigenvalue weighted by molar-refractivity contribution is 7.99. The van der Waals surface area contributed by atoms with E-state index in [2.05, 4.69) is 11.5 Å². The number of ether oxygens (including phenoxy) is 1. The summed E-state index contributed by atoms with van der Waals surface area (Å²) in [4.78, 5) is 0.631. The van der Waals surface area contributed by atoms with Crippen molar-refractivity contribution in [2.45, 2.75) is 17.4 Å². The zero-order valence-corrected chi connectivity index (χ0v) is 12.3. The third-order valence-corrected chi connectivity index (χ3v) is 4.71. The molecule has 1 aliphatic heterocycles. The van der Waals surface area contributed by atoms with Crippen LogP contribution in [-0.4, -0.2) is 12.4 Å². The van der Waals surface area contributed by atoms with Crippen molar-refractivity contribution in [3.8, 4) is 5.75 Å². The Hall–Kier alpha value is -1.56. The molecule has 0 saturated carbocycles. The van der Waals surface area contributed by atoms with Crippen LogP contribution in [0.3, 0.4) is 0 Å². The first-order chi connectivity index (χ1) is 10.3. The minimum atomic E-state index is -0.201. The fourth-order valence-electron chi connectivity index (χ4n) is 2.48. The molecular weight excluding hydrogens is 287 g/mol. The number of nitrogens with one attached hydrogen (secondary N) is 1. The van der Waals surface area contributed by atoms with E-state index in [1.165, 1.54) is 23.4 Å². The number of benzene rings is 2. The van der Waals surface area contributed by atoms with Crippen LogP contribution >= 0.6 is 11.8 Å². The molecule has 0 bridgehead atoms. The fourth-order valence-corrected chi connectivity index (χ4v) is 3.48. The zero-order valence-electron chi connectivity index (χ0n) is 11.5. The Bertz CT molecular complexity index is 635. The van der Waals surface area contributed by atoms with E-state index in [0.29, 0.717) is 17.3 Å². The van der Waals surface area contributed by atoms with E-state index in [9.17, 15) is 4.39 Å². The Balaban J connectivity index is 1.77. The van der Waals surface area contributed by atoms with Gasteiger partial charge in [-0.2, -0.15) is 0 Å². The van der Waals surface area contributed by atoms with Crippen molar-refractivity contribution < 1.29 is 9.13 Å². The second kappa shape index (κ2) is 6.47. The first-order valence-electron chi connectivity index (χ1n) is 6.87. The number of hydrazine groups is 1. The van der Waals surface area contributed by atoms with Gasteiger partial charge in [-0.05, 0) is 17.7 Å². The van der Waals surface area contributed by atoms with Crippen LogP contribution in [-0.2, 0) is 6.42 Å². The van der Waals surface area contributed by atoms with Crippen LogP contribution in [0, 0.1) is 5.82 Å². The molecule has 1 unspecified atom stereocenters. The third-order valence-electron chi connectivity index (χ3n) is 3.56. The summed E-state index contributed by atoms with van der Waals surface area (Å²) in [7, 11) is 0. The van der Waals surface area contributed by atoms with Crippen molar-refractivity contribution in [2.24, 2.45) is 5.84 Å². The van der Waals surface area contributed by atoms with Crippen LogP contribution in [0.15, 0.2) is 47.4 Å². The van der Waals surface area contributed by atoms with Crippen molar-refractivity contribution in [2.75, 3.05) is 12.4 Å². The molecule has 0 amide bonds. The second-order valence-corrected chi connectivity index (χ2v) is 5.96. The molecule has 0 radical (unpaired) electrons. The number of nitrogens with two attached hydrogens (primary N) is 1. The maximum Gasteiger partial charge on any atom is 0.136 e. The minimum Gasteiger partial charge on any atom is -0.493 e. The average molecular weight is 304 g/mol. The summed E-state index contributed by atoms with van der Waals surface area (Å²) in [5.74, 6) is 7.05. The summed E-state index contributed by atoms with van der Waals surface area (Å²) in [6.07, 6.45) is 0.931. The van der Waals surface area contributed by atoms with Crippen molar-refractivity contribution in [3.05, 3.63) is 59.4 Å². The Kier molecular flexibility index (Phi) is 4.43. The molecule has 2 aromatic rings. The normalized spacial score (nSPS) is 14.6. The minimum absolute atomic E-state index is 0.0809. The van der Waals surface area contributed by atoms with Gasteiger partial charge in [0.1, 0.15) is 11.6 Å². The fraction of sp³-hybridized carbons (Fsp3) is 0.250. The van der Waals surface area contributed by atoms with Gasteiger partial charge in [-0.3, -0.25) is 11.3 Å². The van der Waals surface area contributed by atoms with Gasteiger partial charge in [0.2, 0.25) is 0 Å². The number of thioether (sulfide) groups is 1. The van der Waals surface area contributed by atoms with Crippen LogP contribution in [0.1, 0.15) is 17.2 Å². The summed E-state index contributed by atoms with van der Waals surface area (Å²) in [5.41, 5.74) is 5.06. The van der Waals surface area contributed by atoms with Crippen LogP contribution < -0.4 is 16.0 Å². The van der Waals surface area contributed by atoms with Crippen molar-refractivity contribution >= 4 is 11.8 Å². The van der Waals surface area contributed by atoms with Crippen LogP contribution in [0.4, 0.5) is 4.39 Å². The van der Waals surface area contributed by atoms with Crippen molar-refractivity contribution in [1.82, 2.24) is 5.43 Å². The molecule has 1 aliphatic rings. The summed E-state index contributed by atoms with van der Waals surface area (Å²) in [6.45, 7) is 0.712. The monoisotopic (exact) mass is 304 g/mol. The zero-order chi connectivity index (χ0) is 14.7.